The summed E-state index contributed by atoms with van der Waals surface area (Å²) in [5, 5.41) is 10.2. The summed E-state index contributed by atoms with van der Waals surface area (Å²) in [6.45, 7) is 0.177. The third kappa shape index (κ3) is 2.43. The van der Waals surface area contributed by atoms with E-state index in [0.29, 0.717) is 27.8 Å². The van der Waals surface area contributed by atoms with Crippen molar-refractivity contribution in [2.75, 3.05) is 6.79 Å². The topological polar surface area (TPSA) is 68.7 Å². The highest BCUT2D eigenvalue weighted by atomic mass is 32.1. The van der Waals surface area contributed by atoms with Gasteiger partial charge in [-0.1, -0.05) is 30.3 Å². The molecule has 114 valence electrons. The number of aromatic nitrogens is 1. The number of ether oxygens (including phenoxy) is 2. The Bertz CT molecular complexity index is 889. The van der Waals surface area contributed by atoms with Gasteiger partial charge in [-0.05, 0) is 18.2 Å². The van der Waals surface area contributed by atoms with Crippen LogP contribution in [0.15, 0.2) is 48.5 Å². The maximum absolute atomic E-state index is 11.6. The van der Waals surface area contributed by atoms with Crippen LogP contribution in [0.3, 0.4) is 0 Å². The van der Waals surface area contributed by atoms with E-state index >= 15 is 0 Å². The molecule has 0 aliphatic carbocycles. The Labute approximate surface area is 135 Å². The minimum absolute atomic E-state index is 0.177. The van der Waals surface area contributed by atoms with Gasteiger partial charge in [-0.15, -0.1) is 11.3 Å². The van der Waals surface area contributed by atoms with Gasteiger partial charge in [-0.2, -0.15) is 0 Å². The normalized spacial score (nSPS) is 12.3. The Morgan fingerprint density at radius 2 is 1.83 bits per heavy atom. The first kappa shape index (κ1) is 13.8. The molecule has 1 aromatic heterocycles. The first-order valence-electron chi connectivity index (χ1n) is 6.92. The predicted octanol–water partition coefficient (Wildman–Crippen LogP) is 3.90. The number of fused-ring (bicyclic) bond motifs is 1. The number of carboxylic acids is 1. The zero-order chi connectivity index (χ0) is 15.8. The highest BCUT2D eigenvalue weighted by Gasteiger charge is 2.22. The molecule has 3 aromatic rings. The molecular weight excluding hydrogens is 314 g/mol. The lowest BCUT2D eigenvalue weighted by Crippen LogP contribution is -1.95. The van der Waals surface area contributed by atoms with Crippen molar-refractivity contribution in [1.29, 1.82) is 0 Å². The van der Waals surface area contributed by atoms with Gasteiger partial charge in [0.2, 0.25) is 6.79 Å². The van der Waals surface area contributed by atoms with E-state index in [1.54, 1.807) is 18.2 Å². The summed E-state index contributed by atoms with van der Waals surface area (Å²) in [7, 11) is 0. The number of rotatable bonds is 3. The number of nitrogens with zero attached hydrogens (tertiary/aromatic N) is 1. The van der Waals surface area contributed by atoms with Gasteiger partial charge in [0.15, 0.2) is 11.5 Å². The second kappa shape index (κ2) is 5.40. The molecule has 0 saturated heterocycles. The molecule has 0 radical (unpaired) electrons. The van der Waals surface area contributed by atoms with Crippen molar-refractivity contribution in [1.82, 2.24) is 4.98 Å². The van der Waals surface area contributed by atoms with E-state index in [2.05, 4.69) is 4.98 Å². The fraction of sp³-hybridized carbons (Fsp3) is 0.0588. The van der Waals surface area contributed by atoms with Gasteiger partial charge in [-0.3, -0.25) is 0 Å². The van der Waals surface area contributed by atoms with Crippen LogP contribution in [-0.4, -0.2) is 22.9 Å². The zero-order valence-corrected chi connectivity index (χ0v) is 12.7. The van der Waals surface area contributed by atoms with Gasteiger partial charge in [0.1, 0.15) is 9.88 Å². The summed E-state index contributed by atoms with van der Waals surface area (Å²) in [5.74, 6) is 0.273. The molecule has 1 aliphatic heterocycles. The van der Waals surface area contributed by atoms with Gasteiger partial charge in [0, 0.05) is 11.1 Å². The van der Waals surface area contributed by atoms with E-state index in [0.717, 1.165) is 5.56 Å². The molecule has 0 atom stereocenters. The number of benzene rings is 2. The van der Waals surface area contributed by atoms with Gasteiger partial charge >= 0.3 is 5.97 Å². The first-order chi connectivity index (χ1) is 11.2. The lowest BCUT2D eigenvalue weighted by molar-refractivity contribution is 0.0702. The largest absolute Gasteiger partial charge is 0.477 e. The van der Waals surface area contributed by atoms with Crippen molar-refractivity contribution >= 4 is 17.3 Å². The number of carbonyl (C=O) groups is 1. The van der Waals surface area contributed by atoms with Crippen LogP contribution < -0.4 is 9.47 Å². The Morgan fingerprint density at radius 3 is 2.61 bits per heavy atom. The quantitative estimate of drug-likeness (QED) is 0.791. The van der Waals surface area contributed by atoms with Gasteiger partial charge < -0.3 is 14.6 Å². The molecule has 4 rings (SSSR count). The maximum Gasteiger partial charge on any atom is 0.348 e. The summed E-state index contributed by atoms with van der Waals surface area (Å²) in [4.78, 5) is 16.3. The average molecular weight is 325 g/mol. The van der Waals surface area contributed by atoms with Gasteiger partial charge in [0.25, 0.3) is 0 Å². The van der Waals surface area contributed by atoms with E-state index in [9.17, 15) is 9.90 Å². The molecule has 0 unspecified atom stereocenters. The van der Waals surface area contributed by atoms with E-state index in [1.165, 1.54) is 11.3 Å². The monoisotopic (exact) mass is 325 g/mol. The molecule has 1 aliphatic rings. The minimum atomic E-state index is -0.989. The molecule has 0 spiro atoms. The maximum atomic E-state index is 11.6. The van der Waals surface area contributed by atoms with Crippen LogP contribution >= 0.6 is 11.3 Å². The third-order valence-electron chi connectivity index (χ3n) is 3.49. The summed E-state index contributed by atoms with van der Waals surface area (Å²) in [6.07, 6.45) is 0. The van der Waals surface area contributed by atoms with E-state index in [1.807, 2.05) is 30.3 Å². The number of hydrogen-bond donors (Lipinski definition) is 1. The van der Waals surface area contributed by atoms with Crippen molar-refractivity contribution in [3.05, 3.63) is 53.4 Å². The molecule has 2 aromatic carbocycles. The predicted molar refractivity (Wildman–Crippen MR) is 86.1 cm³/mol. The fourth-order valence-electron chi connectivity index (χ4n) is 2.41. The fourth-order valence-corrected chi connectivity index (χ4v) is 3.34. The number of hydrogen-bond acceptors (Lipinski definition) is 5. The number of thiazole rings is 1. The van der Waals surface area contributed by atoms with E-state index in [-0.39, 0.29) is 11.7 Å². The summed E-state index contributed by atoms with van der Waals surface area (Å²) < 4.78 is 10.6. The number of aromatic carboxylic acids is 1. The molecule has 1 N–H and O–H groups in total. The van der Waals surface area contributed by atoms with Crippen LogP contribution in [0.2, 0.25) is 0 Å². The Morgan fingerprint density at radius 1 is 1.04 bits per heavy atom. The van der Waals surface area contributed by atoms with Crippen molar-refractivity contribution < 1.29 is 19.4 Å². The SMILES string of the molecule is O=C(O)c1sc(-c2ccccc2)nc1-c1ccc2c(c1)OCO2. The van der Waals surface area contributed by atoms with Crippen LogP contribution in [0.1, 0.15) is 9.67 Å². The lowest BCUT2D eigenvalue weighted by atomic mass is 10.1. The molecule has 5 nitrogen and oxygen atoms in total. The Kier molecular flexibility index (Phi) is 3.24. The molecule has 23 heavy (non-hydrogen) atoms. The van der Waals surface area contributed by atoms with E-state index < -0.39 is 5.97 Å². The molecule has 2 heterocycles. The molecular formula is C17H11NO4S. The molecule has 0 fully saturated rings. The second-order valence-corrected chi connectivity index (χ2v) is 5.94. The lowest BCUT2D eigenvalue weighted by Gasteiger charge is -2.01. The zero-order valence-electron chi connectivity index (χ0n) is 11.9. The second-order valence-electron chi connectivity index (χ2n) is 4.94. The first-order valence-corrected chi connectivity index (χ1v) is 7.73. The highest BCUT2D eigenvalue weighted by molar-refractivity contribution is 7.17. The van der Waals surface area contributed by atoms with E-state index in [4.69, 9.17) is 9.47 Å². The highest BCUT2D eigenvalue weighted by Crippen LogP contribution is 2.39. The smallest absolute Gasteiger partial charge is 0.348 e. The number of carboxylic acid groups (broad SMARTS) is 1. The van der Waals surface area contributed by atoms with Crippen molar-refractivity contribution in [2.24, 2.45) is 0 Å². The molecule has 0 amide bonds. The van der Waals surface area contributed by atoms with Crippen LogP contribution in [0.5, 0.6) is 11.5 Å². The molecule has 0 saturated carbocycles. The van der Waals surface area contributed by atoms with Crippen LogP contribution in [0.25, 0.3) is 21.8 Å². The molecule has 6 heteroatoms. The summed E-state index contributed by atoms with van der Waals surface area (Å²) >= 11 is 1.17. The Hall–Kier alpha value is -2.86. The van der Waals surface area contributed by atoms with Crippen LogP contribution in [0, 0.1) is 0 Å². The van der Waals surface area contributed by atoms with Crippen molar-refractivity contribution in [3.63, 3.8) is 0 Å². The standard InChI is InChI=1S/C17H11NO4S/c19-17(20)15-14(11-6-7-12-13(8-11)22-9-21-12)18-16(23-15)10-4-2-1-3-5-10/h1-8H,9H2,(H,19,20). The van der Waals surface area contributed by atoms with Gasteiger partial charge in [-0.25, -0.2) is 9.78 Å². The summed E-state index contributed by atoms with van der Waals surface area (Å²) in [6, 6.07) is 14.9. The van der Waals surface area contributed by atoms with Crippen molar-refractivity contribution in [3.8, 4) is 33.3 Å². The molecule has 0 bridgehead atoms. The van der Waals surface area contributed by atoms with Gasteiger partial charge in [0.05, 0.1) is 5.69 Å². The van der Waals surface area contributed by atoms with Crippen LogP contribution in [-0.2, 0) is 0 Å². The Balaban J connectivity index is 1.84. The third-order valence-corrected chi connectivity index (χ3v) is 4.58. The van der Waals surface area contributed by atoms with Crippen LogP contribution in [0.4, 0.5) is 0 Å². The minimum Gasteiger partial charge on any atom is -0.477 e. The van der Waals surface area contributed by atoms with Crippen molar-refractivity contribution in [2.45, 2.75) is 0 Å². The summed E-state index contributed by atoms with van der Waals surface area (Å²) in [5.41, 5.74) is 2.04. The average Bonchev–Trinajstić information content (AvgIpc) is 3.22.